The molecule has 0 aliphatic heterocycles. The molecule has 5 heteroatoms. The highest BCUT2D eigenvalue weighted by Crippen LogP contribution is 2.20. The number of nitrogens with zero attached hydrogens (tertiary/aromatic N) is 2. The predicted molar refractivity (Wildman–Crippen MR) is 78.2 cm³/mol. The number of aryl methyl sites for hydroxylation is 1. The number of hydrogen-bond donors (Lipinski definition) is 2. The Morgan fingerprint density at radius 3 is 2.68 bits per heavy atom. The van der Waals surface area contributed by atoms with Crippen molar-refractivity contribution < 1.29 is 0 Å². The van der Waals surface area contributed by atoms with Crippen LogP contribution in [0.4, 0.5) is 5.69 Å². The van der Waals surface area contributed by atoms with Crippen molar-refractivity contribution in [2.75, 3.05) is 5.32 Å². The monoisotopic (exact) mass is 270 g/mol. The first-order chi connectivity index (χ1) is 9.31. The molecule has 2 N–H and O–H groups in total. The Morgan fingerprint density at radius 1 is 1.21 bits per heavy atom. The van der Waals surface area contributed by atoms with Crippen molar-refractivity contribution in [2.45, 2.75) is 13.5 Å². The third-order valence-corrected chi connectivity index (χ3v) is 3.75. The van der Waals surface area contributed by atoms with Gasteiger partial charge in [-0.05, 0) is 30.7 Å². The molecular formula is C14H14N4S. The van der Waals surface area contributed by atoms with Gasteiger partial charge >= 0.3 is 0 Å². The normalized spacial score (nSPS) is 10.6. The van der Waals surface area contributed by atoms with Gasteiger partial charge in [0.1, 0.15) is 0 Å². The molecule has 0 aliphatic rings. The van der Waals surface area contributed by atoms with E-state index in [1.165, 1.54) is 4.88 Å². The second-order valence-corrected chi connectivity index (χ2v) is 5.57. The lowest BCUT2D eigenvalue weighted by molar-refractivity contribution is 1.09. The second kappa shape index (κ2) is 5.24. The number of aromatic amines is 1. The Morgan fingerprint density at radius 2 is 2.05 bits per heavy atom. The van der Waals surface area contributed by atoms with Gasteiger partial charge in [-0.2, -0.15) is 5.10 Å². The smallest absolute Gasteiger partial charge is 0.0897 e. The Balaban J connectivity index is 1.66. The predicted octanol–water partition coefficient (Wildman–Crippen LogP) is 3.45. The van der Waals surface area contributed by atoms with E-state index < -0.39 is 0 Å². The molecule has 96 valence electrons. The number of anilines is 1. The van der Waals surface area contributed by atoms with Gasteiger partial charge in [0.25, 0.3) is 0 Å². The van der Waals surface area contributed by atoms with E-state index in [1.807, 2.05) is 19.2 Å². The number of thiazole rings is 1. The average molecular weight is 270 g/mol. The lowest BCUT2D eigenvalue weighted by Gasteiger charge is -2.05. The van der Waals surface area contributed by atoms with Gasteiger partial charge in [0.05, 0.1) is 17.2 Å². The van der Waals surface area contributed by atoms with Crippen LogP contribution in [-0.2, 0) is 6.54 Å². The summed E-state index contributed by atoms with van der Waals surface area (Å²) in [6.45, 7) is 2.84. The van der Waals surface area contributed by atoms with Gasteiger partial charge in [-0.15, -0.1) is 11.3 Å². The zero-order valence-corrected chi connectivity index (χ0v) is 11.4. The minimum Gasteiger partial charge on any atom is -0.380 e. The zero-order valence-electron chi connectivity index (χ0n) is 10.6. The van der Waals surface area contributed by atoms with Crippen molar-refractivity contribution in [2.24, 2.45) is 0 Å². The van der Waals surface area contributed by atoms with Crippen LogP contribution in [0.5, 0.6) is 0 Å². The third-order valence-electron chi connectivity index (χ3n) is 2.83. The molecule has 0 aliphatic carbocycles. The van der Waals surface area contributed by atoms with Crippen molar-refractivity contribution in [1.29, 1.82) is 0 Å². The van der Waals surface area contributed by atoms with Crippen LogP contribution >= 0.6 is 11.3 Å². The van der Waals surface area contributed by atoms with E-state index in [1.54, 1.807) is 17.5 Å². The third kappa shape index (κ3) is 2.82. The maximum absolute atomic E-state index is 4.24. The van der Waals surface area contributed by atoms with E-state index in [0.29, 0.717) is 0 Å². The van der Waals surface area contributed by atoms with E-state index in [9.17, 15) is 0 Å². The molecule has 0 saturated heterocycles. The van der Waals surface area contributed by atoms with Crippen molar-refractivity contribution in [3.05, 3.63) is 52.6 Å². The molecule has 0 spiro atoms. The topological polar surface area (TPSA) is 53.6 Å². The fraction of sp³-hybridized carbons (Fsp3) is 0.143. The number of aromatic nitrogens is 3. The summed E-state index contributed by atoms with van der Waals surface area (Å²) < 4.78 is 0. The van der Waals surface area contributed by atoms with E-state index >= 15 is 0 Å². The van der Waals surface area contributed by atoms with Crippen LogP contribution in [0.3, 0.4) is 0 Å². The van der Waals surface area contributed by atoms with Crippen molar-refractivity contribution >= 4 is 17.0 Å². The van der Waals surface area contributed by atoms with Crippen LogP contribution in [0.1, 0.15) is 9.88 Å². The molecule has 4 nitrogen and oxygen atoms in total. The number of benzene rings is 1. The molecule has 0 fully saturated rings. The van der Waals surface area contributed by atoms with Crippen molar-refractivity contribution in [3.63, 3.8) is 0 Å². The Kier molecular flexibility index (Phi) is 3.29. The standard InChI is InChI=1S/C14H14N4S/c1-10-15-8-13(19-10)9-16-12-4-2-11(3-5-12)14-6-7-17-18-14/h2-8,16H,9H2,1H3,(H,17,18). The fourth-order valence-electron chi connectivity index (χ4n) is 1.86. The Hall–Kier alpha value is -2.14. The molecule has 1 aromatic carbocycles. The minimum atomic E-state index is 0.814. The number of hydrogen-bond acceptors (Lipinski definition) is 4. The summed E-state index contributed by atoms with van der Waals surface area (Å²) >= 11 is 1.72. The van der Waals surface area contributed by atoms with Gasteiger partial charge < -0.3 is 5.32 Å². The van der Waals surface area contributed by atoms with Crippen LogP contribution in [0.25, 0.3) is 11.3 Å². The lowest BCUT2D eigenvalue weighted by atomic mass is 10.1. The molecule has 2 aromatic heterocycles. The summed E-state index contributed by atoms with van der Waals surface area (Å²) in [6, 6.07) is 10.3. The Bertz CT molecular complexity index is 640. The first kappa shape index (κ1) is 11.9. The number of nitrogens with one attached hydrogen (secondary N) is 2. The summed E-state index contributed by atoms with van der Waals surface area (Å²) in [5.41, 5.74) is 3.27. The van der Waals surface area contributed by atoms with E-state index in [0.717, 1.165) is 28.5 Å². The highest BCUT2D eigenvalue weighted by atomic mass is 32.1. The molecule has 0 bridgehead atoms. The van der Waals surface area contributed by atoms with E-state index in [-0.39, 0.29) is 0 Å². The zero-order chi connectivity index (χ0) is 13.1. The fourth-order valence-corrected chi connectivity index (χ4v) is 2.60. The molecule has 0 radical (unpaired) electrons. The van der Waals surface area contributed by atoms with Crippen molar-refractivity contribution in [1.82, 2.24) is 15.2 Å². The maximum Gasteiger partial charge on any atom is 0.0897 e. The molecular weight excluding hydrogens is 256 g/mol. The summed E-state index contributed by atoms with van der Waals surface area (Å²) in [6.07, 6.45) is 3.68. The quantitative estimate of drug-likeness (QED) is 0.763. The van der Waals surface area contributed by atoms with Crippen LogP contribution < -0.4 is 5.32 Å². The molecule has 3 rings (SSSR count). The van der Waals surface area contributed by atoms with E-state index in [4.69, 9.17) is 0 Å². The van der Waals surface area contributed by atoms with Gasteiger partial charge in [-0.1, -0.05) is 12.1 Å². The SMILES string of the molecule is Cc1ncc(CNc2ccc(-c3ccn[nH]3)cc2)s1. The molecule has 0 saturated carbocycles. The first-order valence-corrected chi connectivity index (χ1v) is 6.88. The number of H-pyrrole nitrogens is 1. The van der Waals surface area contributed by atoms with Crippen LogP contribution in [0.15, 0.2) is 42.7 Å². The minimum absolute atomic E-state index is 0.814. The molecule has 0 atom stereocenters. The molecule has 0 unspecified atom stereocenters. The second-order valence-electron chi connectivity index (χ2n) is 4.25. The highest BCUT2D eigenvalue weighted by molar-refractivity contribution is 7.11. The first-order valence-electron chi connectivity index (χ1n) is 6.06. The van der Waals surface area contributed by atoms with Crippen molar-refractivity contribution in [3.8, 4) is 11.3 Å². The summed E-state index contributed by atoms with van der Waals surface area (Å²) in [5, 5.41) is 11.4. The largest absolute Gasteiger partial charge is 0.380 e. The molecule has 3 aromatic rings. The van der Waals surface area contributed by atoms with Gasteiger partial charge in [0, 0.05) is 23.0 Å². The Labute approximate surface area is 115 Å². The maximum atomic E-state index is 4.24. The summed E-state index contributed by atoms with van der Waals surface area (Å²) in [7, 11) is 0. The summed E-state index contributed by atoms with van der Waals surface area (Å²) in [5.74, 6) is 0. The molecule has 19 heavy (non-hydrogen) atoms. The van der Waals surface area contributed by atoms with Gasteiger partial charge in [0.15, 0.2) is 0 Å². The number of rotatable bonds is 4. The lowest BCUT2D eigenvalue weighted by Crippen LogP contribution is -1.96. The molecule has 0 amide bonds. The van der Waals surface area contributed by atoms with Crippen LogP contribution in [0, 0.1) is 6.92 Å². The van der Waals surface area contributed by atoms with Crippen LogP contribution in [0.2, 0.25) is 0 Å². The summed E-state index contributed by atoms with van der Waals surface area (Å²) in [4.78, 5) is 5.49. The van der Waals surface area contributed by atoms with Gasteiger partial charge in [-0.25, -0.2) is 4.98 Å². The van der Waals surface area contributed by atoms with Gasteiger partial charge in [-0.3, -0.25) is 5.10 Å². The van der Waals surface area contributed by atoms with Gasteiger partial charge in [0.2, 0.25) is 0 Å². The highest BCUT2D eigenvalue weighted by Gasteiger charge is 2.00. The van der Waals surface area contributed by atoms with E-state index in [2.05, 4.69) is 44.8 Å². The molecule has 2 heterocycles. The van der Waals surface area contributed by atoms with Crippen LogP contribution in [-0.4, -0.2) is 15.2 Å². The average Bonchev–Trinajstić information content (AvgIpc) is 3.08.